The largest absolute Gasteiger partial charge is 0.481 e. The van der Waals surface area contributed by atoms with Crippen molar-refractivity contribution in [3.05, 3.63) is 18.2 Å². The Labute approximate surface area is 197 Å². The maximum absolute atomic E-state index is 13.0. The molecule has 0 spiro atoms. The summed E-state index contributed by atoms with van der Waals surface area (Å²) in [6.45, 7) is 6.79. The zero-order chi connectivity index (χ0) is 26.0. The van der Waals surface area contributed by atoms with E-state index in [1.54, 1.807) is 20.8 Å². The Balaban J connectivity index is 3.08. The summed E-state index contributed by atoms with van der Waals surface area (Å²) >= 11 is 0. The van der Waals surface area contributed by atoms with Gasteiger partial charge in [-0.05, 0) is 11.8 Å². The van der Waals surface area contributed by atoms with Crippen molar-refractivity contribution in [1.29, 1.82) is 0 Å². The standard InChI is InChI=1S/C21H34N6O7/c1-5-11(4)16(22)20(32)26-13(6-12-8-23-9-24-12)18(30)25-14(7-15(28)29)19(31)27-17(10(2)3)21(33)34/h8-11,13-14,16-17H,5-7,22H2,1-4H3,(H,23,24)(H,25,30)(H,26,32)(H,27,31)(H,28,29)(H,33,34). The Morgan fingerprint density at radius 2 is 1.59 bits per heavy atom. The van der Waals surface area contributed by atoms with Gasteiger partial charge in [0, 0.05) is 18.3 Å². The smallest absolute Gasteiger partial charge is 0.326 e. The second kappa shape index (κ2) is 13.3. The van der Waals surface area contributed by atoms with Crippen molar-refractivity contribution in [2.45, 2.75) is 71.1 Å². The molecule has 1 heterocycles. The topological polar surface area (TPSA) is 217 Å². The number of imidazole rings is 1. The van der Waals surface area contributed by atoms with Gasteiger partial charge < -0.3 is 36.9 Å². The number of carboxylic acids is 2. The lowest BCUT2D eigenvalue weighted by Gasteiger charge is -2.26. The van der Waals surface area contributed by atoms with E-state index in [1.807, 2.05) is 6.92 Å². The fourth-order valence-corrected chi connectivity index (χ4v) is 3.03. The maximum atomic E-state index is 13.0. The first-order valence-electron chi connectivity index (χ1n) is 11.0. The van der Waals surface area contributed by atoms with Crippen LogP contribution in [0.25, 0.3) is 0 Å². The number of nitrogens with one attached hydrogen (secondary N) is 4. The molecule has 5 atom stereocenters. The lowest BCUT2D eigenvalue weighted by atomic mass is 9.98. The maximum Gasteiger partial charge on any atom is 0.326 e. The highest BCUT2D eigenvalue weighted by Gasteiger charge is 2.33. The van der Waals surface area contributed by atoms with E-state index in [0.29, 0.717) is 12.1 Å². The number of aromatic amines is 1. The van der Waals surface area contributed by atoms with Crippen LogP contribution in [0.15, 0.2) is 12.5 Å². The number of rotatable bonds is 14. The van der Waals surface area contributed by atoms with E-state index in [1.165, 1.54) is 12.5 Å². The van der Waals surface area contributed by atoms with E-state index in [-0.39, 0.29) is 12.3 Å². The molecule has 0 aliphatic rings. The molecule has 190 valence electrons. The minimum absolute atomic E-state index is 0.0318. The first-order chi connectivity index (χ1) is 15.9. The number of nitrogens with two attached hydrogens (primary N) is 1. The molecular formula is C21H34N6O7. The molecule has 13 nitrogen and oxygen atoms in total. The van der Waals surface area contributed by atoms with Gasteiger partial charge in [-0.15, -0.1) is 0 Å². The number of carbonyl (C=O) groups excluding carboxylic acids is 3. The van der Waals surface area contributed by atoms with Crippen LogP contribution in [0.1, 0.15) is 46.2 Å². The highest BCUT2D eigenvalue weighted by Crippen LogP contribution is 2.08. The molecule has 13 heteroatoms. The number of hydrogen-bond donors (Lipinski definition) is 7. The minimum Gasteiger partial charge on any atom is -0.481 e. The SMILES string of the molecule is CCC(C)C(N)C(=O)NC(Cc1cnc[nH]1)C(=O)NC(CC(=O)O)C(=O)NC(C(=O)O)C(C)C. The van der Waals surface area contributed by atoms with Crippen LogP contribution in [-0.2, 0) is 30.4 Å². The van der Waals surface area contributed by atoms with Crippen molar-refractivity contribution in [2.75, 3.05) is 0 Å². The van der Waals surface area contributed by atoms with Crippen LogP contribution < -0.4 is 21.7 Å². The second-order valence-corrected chi connectivity index (χ2v) is 8.48. The average Bonchev–Trinajstić information content (AvgIpc) is 3.27. The number of H-pyrrole nitrogens is 1. The lowest BCUT2D eigenvalue weighted by molar-refractivity contribution is -0.144. The number of aromatic nitrogens is 2. The molecule has 0 saturated heterocycles. The Kier molecular flexibility index (Phi) is 11.2. The van der Waals surface area contributed by atoms with E-state index in [4.69, 9.17) is 5.73 Å². The van der Waals surface area contributed by atoms with E-state index in [2.05, 4.69) is 25.9 Å². The number of amides is 3. The first kappa shape index (κ1) is 28.6. The van der Waals surface area contributed by atoms with Crippen molar-refractivity contribution >= 4 is 29.7 Å². The molecule has 0 bridgehead atoms. The monoisotopic (exact) mass is 482 g/mol. The number of carboxylic acid groups (broad SMARTS) is 2. The summed E-state index contributed by atoms with van der Waals surface area (Å²) < 4.78 is 0. The summed E-state index contributed by atoms with van der Waals surface area (Å²) in [5.41, 5.74) is 6.46. The predicted molar refractivity (Wildman–Crippen MR) is 120 cm³/mol. The Bertz CT molecular complexity index is 858. The van der Waals surface area contributed by atoms with Gasteiger partial charge >= 0.3 is 11.9 Å². The van der Waals surface area contributed by atoms with Gasteiger partial charge in [-0.3, -0.25) is 19.2 Å². The van der Waals surface area contributed by atoms with Crippen molar-refractivity contribution in [3.63, 3.8) is 0 Å². The molecule has 0 fully saturated rings. The van der Waals surface area contributed by atoms with Gasteiger partial charge in [0.15, 0.2) is 0 Å². The van der Waals surface area contributed by atoms with Crippen molar-refractivity contribution in [3.8, 4) is 0 Å². The molecule has 0 saturated carbocycles. The second-order valence-electron chi connectivity index (χ2n) is 8.48. The van der Waals surface area contributed by atoms with Crippen LogP contribution >= 0.6 is 0 Å². The van der Waals surface area contributed by atoms with Crippen LogP contribution in [-0.4, -0.2) is 74.0 Å². The number of aliphatic carboxylic acids is 2. The lowest BCUT2D eigenvalue weighted by Crippen LogP contribution is -2.58. The van der Waals surface area contributed by atoms with E-state index in [9.17, 15) is 34.2 Å². The quantitative estimate of drug-likeness (QED) is 0.173. The Morgan fingerprint density at radius 3 is 2.06 bits per heavy atom. The van der Waals surface area contributed by atoms with Crippen LogP contribution in [0, 0.1) is 11.8 Å². The summed E-state index contributed by atoms with van der Waals surface area (Å²) in [6.07, 6.45) is 2.64. The van der Waals surface area contributed by atoms with E-state index >= 15 is 0 Å². The Morgan fingerprint density at radius 1 is 1.00 bits per heavy atom. The number of carbonyl (C=O) groups is 5. The van der Waals surface area contributed by atoms with Gasteiger partial charge in [-0.1, -0.05) is 34.1 Å². The summed E-state index contributed by atoms with van der Waals surface area (Å²) in [5.74, 6) is -5.73. The molecule has 0 radical (unpaired) electrons. The third-order valence-corrected chi connectivity index (χ3v) is 5.41. The van der Waals surface area contributed by atoms with E-state index in [0.717, 1.165) is 0 Å². The molecule has 0 aliphatic heterocycles. The summed E-state index contributed by atoms with van der Waals surface area (Å²) in [6, 6.07) is -4.94. The van der Waals surface area contributed by atoms with Gasteiger partial charge in [-0.25, -0.2) is 9.78 Å². The highest BCUT2D eigenvalue weighted by molar-refractivity contribution is 5.95. The van der Waals surface area contributed by atoms with Crippen LogP contribution in [0.3, 0.4) is 0 Å². The molecule has 1 aromatic rings. The summed E-state index contributed by atoms with van der Waals surface area (Å²) in [4.78, 5) is 67.7. The molecule has 8 N–H and O–H groups in total. The van der Waals surface area contributed by atoms with Gasteiger partial charge in [-0.2, -0.15) is 0 Å². The van der Waals surface area contributed by atoms with Crippen molar-refractivity contribution in [1.82, 2.24) is 25.9 Å². The zero-order valence-corrected chi connectivity index (χ0v) is 19.7. The molecule has 1 rings (SSSR count). The third kappa shape index (κ3) is 8.81. The fourth-order valence-electron chi connectivity index (χ4n) is 3.03. The van der Waals surface area contributed by atoms with E-state index < -0.39 is 66.2 Å². The van der Waals surface area contributed by atoms with Crippen molar-refractivity contribution in [2.24, 2.45) is 17.6 Å². The Hall–Kier alpha value is -3.48. The molecule has 34 heavy (non-hydrogen) atoms. The molecule has 5 unspecified atom stereocenters. The number of hydrogen-bond acceptors (Lipinski definition) is 7. The first-order valence-corrected chi connectivity index (χ1v) is 11.0. The van der Waals surface area contributed by atoms with Gasteiger partial charge in [0.25, 0.3) is 0 Å². The minimum atomic E-state index is -1.57. The molecule has 3 amide bonds. The molecule has 1 aromatic heterocycles. The zero-order valence-electron chi connectivity index (χ0n) is 19.7. The summed E-state index contributed by atoms with van der Waals surface area (Å²) in [7, 11) is 0. The van der Waals surface area contributed by atoms with Crippen LogP contribution in [0.4, 0.5) is 0 Å². The predicted octanol–water partition coefficient (Wildman–Crippen LogP) is -1.00. The number of nitrogens with zero attached hydrogens (tertiary/aromatic N) is 1. The van der Waals surface area contributed by atoms with Crippen molar-refractivity contribution < 1.29 is 34.2 Å². The van der Waals surface area contributed by atoms with Gasteiger partial charge in [0.05, 0.1) is 18.8 Å². The van der Waals surface area contributed by atoms with Gasteiger partial charge in [0.2, 0.25) is 17.7 Å². The fraction of sp³-hybridized carbons (Fsp3) is 0.619. The normalized spacial score (nSPS) is 15.5. The van der Waals surface area contributed by atoms with Crippen LogP contribution in [0.2, 0.25) is 0 Å². The third-order valence-electron chi connectivity index (χ3n) is 5.41. The molecular weight excluding hydrogens is 448 g/mol. The van der Waals surface area contributed by atoms with Gasteiger partial charge in [0.1, 0.15) is 18.1 Å². The highest BCUT2D eigenvalue weighted by atomic mass is 16.4. The average molecular weight is 483 g/mol. The molecule has 0 aliphatic carbocycles. The van der Waals surface area contributed by atoms with Crippen LogP contribution in [0.5, 0.6) is 0 Å². The summed E-state index contributed by atoms with van der Waals surface area (Å²) in [5, 5.41) is 25.6. The molecule has 0 aromatic carbocycles.